The Morgan fingerprint density at radius 3 is 2.54 bits per heavy atom. The average molecular weight is 332 g/mol. The van der Waals surface area contributed by atoms with Crippen molar-refractivity contribution in [3.05, 3.63) is 35.4 Å². The monoisotopic (exact) mass is 332 g/mol. The summed E-state index contributed by atoms with van der Waals surface area (Å²) in [6, 6.07) is 5.95. The Morgan fingerprint density at radius 2 is 1.96 bits per heavy atom. The molecule has 0 unspecified atom stereocenters. The molecule has 0 radical (unpaired) electrons. The normalized spacial score (nSPS) is 17.0. The van der Waals surface area contributed by atoms with Gasteiger partial charge in [0.25, 0.3) is 5.91 Å². The highest BCUT2D eigenvalue weighted by atomic mass is 16.5. The molecule has 0 saturated carbocycles. The van der Waals surface area contributed by atoms with E-state index in [1.54, 1.807) is 19.1 Å². The lowest BCUT2D eigenvalue weighted by Crippen LogP contribution is -2.52. The van der Waals surface area contributed by atoms with Crippen LogP contribution >= 0.6 is 0 Å². The summed E-state index contributed by atoms with van der Waals surface area (Å²) in [4.78, 5) is 38.5. The first-order valence-corrected chi connectivity index (χ1v) is 8.17. The summed E-state index contributed by atoms with van der Waals surface area (Å²) in [7, 11) is 1.30. The van der Waals surface area contributed by atoms with Gasteiger partial charge in [-0.3, -0.25) is 9.59 Å². The van der Waals surface area contributed by atoms with Crippen LogP contribution in [0.2, 0.25) is 0 Å². The molecule has 24 heavy (non-hydrogen) atoms. The number of esters is 1. The first-order chi connectivity index (χ1) is 11.4. The number of benzene rings is 1. The molecule has 2 amide bonds. The van der Waals surface area contributed by atoms with E-state index in [-0.39, 0.29) is 17.7 Å². The second-order valence-corrected chi connectivity index (χ2v) is 6.16. The molecule has 1 N–H and O–H groups in total. The first kappa shape index (κ1) is 18.0. The minimum Gasteiger partial charge on any atom is -0.467 e. The number of amides is 2. The van der Waals surface area contributed by atoms with Gasteiger partial charge in [0.15, 0.2) is 0 Å². The standard InChI is InChI=1S/C18H24N2O4/c1-5-11(2)15(18(23)24-4)19-16(21)12(3)20-10-13-8-6-7-9-14(13)17(20)22/h6-9,11-12,15H,5,10H2,1-4H3,(H,19,21)/t11-,12+,15-/m1/s1. The van der Waals surface area contributed by atoms with Crippen molar-refractivity contribution in [2.75, 3.05) is 7.11 Å². The molecule has 0 aliphatic carbocycles. The van der Waals surface area contributed by atoms with Crippen LogP contribution in [-0.2, 0) is 20.9 Å². The maximum atomic E-state index is 12.6. The topological polar surface area (TPSA) is 75.7 Å². The molecule has 1 aromatic carbocycles. The predicted octanol–water partition coefficient (Wildman–Crippen LogP) is 1.73. The maximum absolute atomic E-state index is 12.6. The van der Waals surface area contributed by atoms with Gasteiger partial charge in [0.2, 0.25) is 5.91 Å². The first-order valence-electron chi connectivity index (χ1n) is 8.17. The van der Waals surface area contributed by atoms with Crippen molar-refractivity contribution in [1.29, 1.82) is 0 Å². The molecule has 2 rings (SSSR count). The van der Waals surface area contributed by atoms with Crippen molar-refractivity contribution < 1.29 is 19.1 Å². The lowest BCUT2D eigenvalue weighted by molar-refractivity contribution is -0.147. The number of methoxy groups -OCH3 is 1. The number of carbonyl (C=O) groups excluding carboxylic acids is 3. The van der Waals surface area contributed by atoms with Crippen LogP contribution in [0, 0.1) is 5.92 Å². The van der Waals surface area contributed by atoms with Crippen molar-refractivity contribution in [3.8, 4) is 0 Å². The number of fused-ring (bicyclic) bond motifs is 1. The van der Waals surface area contributed by atoms with Gasteiger partial charge in [-0.15, -0.1) is 0 Å². The number of rotatable bonds is 6. The molecule has 1 aliphatic heterocycles. The Morgan fingerprint density at radius 1 is 1.29 bits per heavy atom. The minimum absolute atomic E-state index is 0.0555. The van der Waals surface area contributed by atoms with E-state index in [0.717, 1.165) is 12.0 Å². The molecule has 0 saturated heterocycles. The van der Waals surface area contributed by atoms with Crippen LogP contribution in [0.15, 0.2) is 24.3 Å². The molecule has 0 bridgehead atoms. The van der Waals surface area contributed by atoms with Crippen molar-refractivity contribution in [1.82, 2.24) is 10.2 Å². The van der Waals surface area contributed by atoms with Gasteiger partial charge in [0.05, 0.1) is 7.11 Å². The number of hydrogen-bond donors (Lipinski definition) is 1. The lowest BCUT2D eigenvalue weighted by Gasteiger charge is -2.27. The van der Waals surface area contributed by atoms with Gasteiger partial charge in [-0.1, -0.05) is 38.5 Å². The third kappa shape index (κ3) is 3.42. The van der Waals surface area contributed by atoms with E-state index in [1.165, 1.54) is 12.0 Å². The fraction of sp³-hybridized carbons (Fsp3) is 0.500. The molecule has 6 heteroatoms. The summed E-state index contributed by atoms with van der Waals surface area (Å²) in [6.45, 7) is 5.89. The molecule has 130 valence electrons. The Hall–Kier alpha value is -2.37. The molecule has 0 spiro atoms. The molecule has 1 aromatic rings. The number of ether oxygens (including phenoxy) is 1. The molecular weight excluding hydrogens is 308 g/mol. The van der Waals surface area contributed by atoms with Crippen LogP contribution in [0.1, 0.15) is 43.1 Å². The zero-order valence-electron chi connectivity index (χ0n) is 14.5. The highest BCUT2D eigenvalue weighted by molar-refractivity contribution is 6.01. The van der Waals surface area contributed by atoms with Crippen LogP contribution < -0.4 is 5.32 Å². The average Bonchev–Trinajstić information content (AvgIpc) is 2.94. The zero-order valence-corrected chi connectivity index (χ0v) is 14.5. The van der Waals surface area contributed by atoms with Crippen molar-refractivity contribution in [2.24, 2.45) is 5.92 Å². The Bertz CT molecular complexity index is 644. The third-order valence-electron chi connectivity index (χ3n) is 4.66. The van der Waals surface area contributed by atoms with Crippen LogP contribution in [0.4, 0.5) is 0 Å². The van der Waals surface area contributed by atoms with E-state index in [2.05, 4.69) is 5.32 Å². The summed E-state index contributed by atoms with van der Waals surface area (Å²) in [5, 5.41) is 2.74. The van der Waals surface area contributed by atoms with Crippen LogP contribution in [0.3, 0.4) is 0 Å². The SMILES string of the molecule is CC[C@@H](C)[C@@H](NC(=O)[C@H](C)N1Cc2ccccc2C1=O)C(=O)OC. The predicted molar refractivity (Wildman–Crippen MR) is 89.2 cm³/mol. The fourth-order valence-corrected chi connectivity index (χ4v) is 2.80. The van der Waals surface area contributed by atoms with Crippen LogP contribution in [0.25, 0.3) is 0 Å². The molecule has 0 fully saturated rings. The molecule has 3 atom stereocenters. The summed E-state index contributed by atoms with van der Waals surface area (Å²) in [5.41, 5.74) is 1.54. The number of carbonyl (C=O) groups is 3. The number of hydrogen-bond acceptors (Lipinski definition) is 4. The van der Waals surface area contributed by atoms with E-state index in [9.17, 15) is 14.4 Å². The molecule has 6 nitrogen and oxygen atoms in total. The third-order valence-corrected chi connectivity index (χ3v) is 4.66. The van der Waals surface area contributed by atoms with Crippen molar-refractivity contribution in [2.45, 2.75) is 45.8 Å². The lowest BCUT2D eigenvalue weighted by atomic mass is 9.99. The Labute approximate surface area is 142 Å². The van der Waals surface area contributed by atoms with E-state index < -0.39 is 18.1 Å². The second kappa shape index (κ2) is 7.47. The number of nitrogens with zero attached hydrogens (tertiary/aromatic N) is 1. The number of nitrogens with one attached hydrogen (secondary N) is 1. The molecule has 1 aliphatic rings. The van der Waals surface area contributed by atoms with Gasteiger partial charge in [0.1, 0.15) is 12.1 Å². The van der Waals surface area contributed by atoms with Crippen LogP contribution in [0.5, 0.6) is 0 Å². The highest BCUT2D eigenvalue weighted by Crippen LogP contribution is 2.24. The van der Waals surface area contributed by atoms with Crippen molar-refractivity contribution in [3.63, 3.8) is 0 Å². The molecule has 0 aromatic heterocycles. The molecule has 1 heterocycles. The minimum atomic E-state index is -0.713. The van der Waals surface area contributed by atoms with Gasteiger partial charge >= 0.3 is 5.97 Å². The zero-order chi connectivity index (χ0) is 17.9. The van der Waals surface area contributed by atoms with E-state index in [0.29, 0.717) is 12.1 Å². The van der Waals surface area contributed by atoms with Crippen LogP contribution in [-0.4, -0.2) is 41.9 Å². The van der Waals surface area contributed by atoms with E-state index in [1.807, 2.05) is 26.0 Å². The van der Waals surface area contributed by atoms with Gasteiger partial charge in [-0.2, -0.15) is 0 Å². The van der Waals surface area contributed by atoms with Gasteiger partial charge in [0, 0.05) is 12.1 Å². The maximum Gasteiger partial charge on any atom is 0.328 e. The summed E-state index contributed by atoms with van der Waals surface area (Å²) in [5.74, 6) is -1.04. The second-order valence-electron chi connectivity index (χ2n) is 6.16. The van der Waals surface area contributed by atoms with Crippen molar-refractivity contribution >= 4 is 17.8 Å². The highest BCUT2D eigenvalue weighted by Gasteiger charge is 2.35. The molecular formula is C18H24N2O4. The van der Waals surface area contributed by atoms with Gasteiger partial charge in [-0.05, 0) is 24.5 Å². The van der Waals surface area contributed by atoms with Gasteiger partial charge < -0.3 is 15.0 Å². The summed E-state index contributed by atoms with van der Waals surface area (Å²) in [6.07, 6.45) is 0.725. The fourth-order valence-electron chi connectivity index (χ4n) is 2.80. The van der Waals surface area contributed by atoms with Gasteiger partial charge in [-0.25, -0.2) is 4.79 Å². The summed E-state index contributed by atoms with van der Waals surface area (Å²) >= 11 is 0. The van der Waals surface area contributed by atoms with E-state index >= 15 is 0 Å². The quantitative estimate of drug-likeness (QED) is 0.805. The largest absolute Gasteiger partial charge is 0.467 e. The van der Waals surface area contributed by atoms with E-state index in [4.69, 9.17) is 4.74 Å². The Balaban J connectivity index is 2.10. The summed E-state index contributed by atoms with van der Waals surface area (Å²) < 4.78 is 4.78. The smallest absolute Gasteiger partial charge is 0.328 e. The Kier molecular flexibility index (Phi) is 5.59.